The van der Waals surface area contributed by atoms with E-state index in [9.17, 15) is 4.79 Å². The summed E-state index contributed by atoms with van der Waals surface area (Å²) >= 11 is 0. The summed E-state index contributed by atoms with van der Waals surface area (Å²) in [4.78, 5) is 11.9. The Hall–Kier alpha value is -2.30. The van der Waals surface area contributed by atoms with Crippen LogP contribution in [0.4, 0.5) is 0 Å². The minimum atomic E-state index is -0.0477. The first-order chi connectivity index (χ1) is 9.70. The number of aryl methyl sites for hydroxylation is 1. The van der Waals surface area contributed by atoms with Gasteiger partial charge in [-0.15, -0.1) is 0 Å². The van der Waals surface area contributed by atoms with Crippen molar-refractivity contribution >= 4 is 5.91 Å². The lowest BCUT2D eigenvalue weighted by atomic mass is 10.2. The van der Waals surface area contributed by atoms with Gasteiger partial charge in [0.05, 0.1) is 5.69 Å². The summed E-state index contributed by atoms with van der Waals surface area (Å²) in [6, 6.07) is 9.32. The summed E-state index contributed by atoms with van der Waals surface area (Å²) in [6.07, 6.45) is 2.15. The smallest absolute Gasteiger partial charge is 0.251 e. The first-order valence-electron chi connectivity index (χ1n) is 6.66. The second-order valence-corrected chi connectivity index (χ2v) is 5.00. The zero-order valence-corrected chi connectivity index (χ0v) is 11.3. The largest absolute Gasteiger partial charge is 0.486 e. The third kappa shape index (κ3) is 3.17. The number of nitrogens with one attached hydrogen (secondary N) is 1. The van der Waals surface area contributed by atoms with Gasteiger partial charge < -0.3 is 14.6 Å². The van der Waals surface area contributed by atoms with E-state index >= 15 is 0 Å². The van der Waals surface area contributed by atoms with Gasteiger partial charge in [-0.05, 0) is 38.0 Å². The van der Waals surface area contributed by atoms with E-state index in [0.29, 0.717) is 29.7 Å². The minimum absolute atomic E-state index is 0.0477. The van der Waals surface area contributed by atoms with Crippen LogP contribution in [0.15, 0.2) is 34.9 Å². The van der Waals surface area contributed by atoms with Gasteiger partial charge in [-0.3, -0.25) is 4.79 Å². The summed E-state index contributed by atoms with van der Waals surface area (Å²) in [6.45, 7) is 2.16. The molecule has 0 aliphatic heterocycles. The number of rotatable bonds is 5. The fourth-order valence-corrected chi connectivity index (χ4v) is 1.86. The number of nitrogens with zero attached hydrogens (tertiary/aromatic N) is 1. The maximum Gasteiger partial charge on any atom is 0.251 e. The molecule has 2 aromatic rings. The highest BCUT2D eigenvalue weighted by Gasteiger charge is 2.23. The molecule has 20 heavy (non-hydrogen) atoms. The monoisotopic (exact) mass is 272 g/mol. The fraction of sp³-hybridized carbons (Fsp3) is 0.333. The van der Waals surface area contributed by atoms with Crippen LogP contribution in [0.2, 0.25) is 0 Å². The Labute approximate surface area is 116 Å². The van der Waals surface area contributed by atoms with Crippen molar-refractivity contribution in [3.8, 4) is 5.75 Å². The molecule has 0 saturated heterocycles. The van der Waals surface area contributed by atoms with Gasteiger partial charge in [0.2, 0.25) is 0 Å². The van der Waals surface area contributed by atoms with Crippen molar-refractivity contribution in [2.45, 2.75) is 32.4 Å². The van der Waals surface area contributed by atoms with Crippen molar-refractivity contribution in [2.24, 2.45) is 0 Å². The van der Waals surface area contributed by atoms with Crippen LogP contribution in [-0.2, 0) is 6.61 Å². The Kier molecular flexibility index (Phi) is 3.41. The Morgan fingerprint density at radius 3 is 3.00 bits per heavy atom. The molecule has 1 aromatic heterocycles. The molecule has 1 heterocycles. The van der Waals surface area contributed by atoms with Crippen LogP contribution in [0.25, 0.3) is 0 Å². The second-order valence-electron chi connectivity index (χ2n) is 5.00. The molecule has 3 rings (SSSR count). The lowest BCUT2D eigenvalue weighted by molar-refractivity contribution is 0.0950. The number of ether oxygens (including phenoxy) is 1. The molecule has 1 saturated carbocycles. The molecule has 1 amide bonds. The molecule has 5 nitrogen and oxygen atoms in total. The van der Waals surface area contributed by atoms with Crippen molar-refractivity contribution in [3.63, 3.8) is 0 Å². The van der Waals surface area contributed by atoms with E-state index in [1.54, 1.807) is 12.1 Å². The molecule has 5 heteroatoms. The van der Waals surface area contributed by atoms with Gasteiger partial charge in [0.1, 0.15) is 12.4 Å². The van der Waals surface area contributed by atoms with Gasteiger partial charge in [0, 0.05) is 17.7 Å². The van der Waals surface area contributed by atoms with Crippen molar-refractivity contribution in [3.05, 3.63) is 47.3 Å². The molecule has 1 aliphatic rings. The molecular formula is C15H16N2O3. The van der Waals surface area contributed by atoms with E-state index in [4.69, 9.17) is 9.26 Å². The molecule has 0 unspecified atom stereocenters. The van der Waals surface area contributed by atoms with E-state index in [1.165, 1.54) is 0 Å². The Bertz CT molecular complexity index is 617. The SMILES string of the molecule is Cc1cc(COc2cccc(C(=O)NC3CC3)c2)on1. The van der Waals surface area contributed by atoms with Crippen LogP contribution in [-0.4, -0.2) is 17.1 Å². The molecular weight excluding hydrogens is 256 g/mol. The predicted molar refractivity (Wildman–Crippen MR) is 72.5 cm³/mol. The van der Waals surface area contributed by atoms with Crippen LogP contribution < -0.4 is 10.1 Å². The third-order valence-electron chi connectivity index (χ3n) is 3.07. The van der Waals surface area contributed by atoms with Crippen LogP contribution in [0.5, 0.6) is 5.75 Å². The van der Waals surface area contributed by atoms with Gasteiger partial charge in [0.15, 0.2) is 5.76 Å². The minimum Gasteiger partial charge on any atom is -0.486 e. The van der Waals surface area contributed by atoms with Crippen molar-refractivity contribution in [1.82, 2.24) is 10.5 Å². The predicted octanol–water partition coefficient (Wildman–Crippen LogP) is 2.45. The van der Waals surface area contributed by atoms with Gasteiger partial charge in [0.25, 0.3) is 5.91 Å². The first-order valence-corrected chi connectivity index (χ1v) is 6.66. The number of carbonyl (C=O) groups is 1. The Balaban J connectivity index is 1.62. The van der Waals surface area contributed by atoms with Crippen molar-refractivity contribution in [2.75, 3.05) is 0 Å². The topological polar surface area (TPSA) is 64.4 Å². The van der Waals surface area contributed by atoms with E-state index < -0.39 is 0 Å². The van der Waals surface area contributed by atoms with Crippen LogP contribution >= 0.6 is 0 Å². The molecule has 0 radical (unpaired) electrons. The quantitative estimate of drug-likeness (QED) is 0.908. The summed E-state index contributed by atoms with van der Waals surface area (Å²) in [5.41, 5.74) is 1.43. The second kappa shape index (κ2) is 5.36. The molecule has 1 fully saturated rings. The molecule has 0 atom stereocenters. The molecule has 0 bridgehead atoms. The summed E-state index contributed by atoms with van der Waals surface area (Å²) in [7, 11) is 0. The zero-order chi connectivity index (χ0) is 13.9. The normalized spacial score (nSPS) is 14.1. The molecule has 1 aliphatic carbocycles. The first kappa shape index (κ1) is 12.7. The summed E-state index contributed by atoms with van der Waals surface area (Å²) < 4.78 is 10.7. The molecule has 104 valence electrons. The molecule has 1 aromatic carbocycles. The highest BCUT2D eigenvalue weighted by atomic mass is 16.5. The van der Waals surface area contributed by atoms with E-state index in [1.807, 2.05) is 25.1 Å². The average molecular weight is 272 g/mol. The lowest BCUT2D eigenvalue weighted by Crippen LogP contribution is -2.25. The maximum absolute atomic E-state index is 11.9. The number of hydrogen-bond donors (Lipinski definition) is 1. The Morgan fingerprint density at radius 1 is 1.45 bits per heavy atom. The number of hydrogen-bond acceptors (Lipinski definition) is 4. The van der Waals surface area contributed by atoms with E-state index in [-0.39, 0.29) is 5.91 Å². The molecule has 0 spiro atoms. The maximum atomic E-state index is 11.9. The van der Waals surface area contributed by atoms with Gasteiger partial charge in [-0.1, -0.05) is 11.2 Å². The summed E-state index contributed by atoms with van der Waals surface area (Å²) in [5, 5.41) is 6.75. The van der Waals surface area contributed by atoms with Crippen LogP contribution in [0.3, 0.4) is 0 Å². The van der Waals surface area contributed by atoms with Crippen molar-refractivity contribution < 1.29 is 14.1 Å². The average Bonchev–Trinajstić information content (AvgIpc) is 3.17. The lowest BCUT2D eigenvalue weighted by Gasteiger charge is -2.07. The summed E-state index contributed by atoms with van der Waals surface area (Å²) in [5.74, 6) is 1.26. The third-order valence-corrected chi connectivity index (χ3v) is 3.07. The standard InChI is InChI=1S/C15H16N2O3/c1-10-7-14(20-17-10)9-19-13-4-2-3-11(8-13)15(18)16-12-5-6-12/h2-4,7-8,12H,5-6,9H2,1H3,(H,16,18). The number of amides is 1. The number of benzene rings is 1. The zero-order valence-electron chi connectivity index (χ0n) is 11.3. The van der Waals surface area contributed by atoms with Crippen LogP contribution in [0, 0.1) is 6.92 Å². The fourth-order valence-electron chi connectivity index (χ4n) is 1.86. The van der Waals surface area contributed by atoms with Crippen molar-refractivity contribution in [1.29, 1.82) is 0 Å². The highest BCUT2D eigenvalue weighted by molar-refractivity contribution is 5.94. The van der Waals surface area contributed by atoms with Gasteiger partial charge >= 0.3 is 0 Å². The van der Waals surface area contributed by atoms with Gasteiger partial charge in [-0.25, -0.2) is 0 Å². The highest BCUT2D eigenvalue weighted by Crippen LogP contribution is 2.20. The van der Waals surface area contributed by atoms with Gasteiger partial charge in [-0.2, -0.15) is 0 Å². The number of carbonyl (C=O) groups excluding carboxylic acids is 1. The van der Waals surface area contributed by atoms with E-state index in [2.05, 4.69) is 10.5 Å². The van der Waals surface area contributed by atoms with Crippen LogP contribution in [0.1, 0.15) is 34.7 Å². The molecule has 1 N–H and O–H groups in total. The Morgan fingerprint density at radius 2 is 2.30 bits per heavy atom. The van der Waals surface area contributed by atoms with E-state index in [0.717, 1.165) is 18.5 Å². The number of aromatic nitrogens is 1.